The Bertz CT molecular complexity index is 446. The lowest BCUT2D eigenvalue weighted by molar-refractivity contribution is 0.463. The van der Waals surface area contributed by atoms with Crippen LogP contribution in [0, 0.1) is 5.41 Å². The zero-order valence-electron chi connectivity index (χ0n) is 9.62. The first-order valence-electron chi connectivity index (χ1n) is 4.94. The number of sulfonamides is 1. The van der Waals surface area contributed by atoms with E-state index in [1.165, 1.54) is 0 Å². The Hall–Kier alpha value is -0.550. The molecule has 0 bridgehead atoms. The van der Waals surface area contributed by atoms with Crippen LogP contribution in [0.4, 0.5) is 5.69 Å². The Morgan fingerprint density at radius 2 is 1.69 bits per heavy atom. The van der Waals surface area contributed by atoms with Crippen molar-refractivity contribution in [2.75, 3.05) is 10.5 Å². The Morgan fingerprint density at radius 1 is 1.19 bits per heavy atom. The molecule has 1 rings (SSSR count). The van der Waals surface area contributed by atoms with Crippen LogP contribution in [0.5, 0.6) is 0 Å². The minimum Gasteiger partial charge on any atom is -0.284 e. The Kier molecular flexibility index (Phi) is 4.02. The molecule has 0 heterocycles. The molecular formula is C11H16BrNO2S. The number of hydrogen-bond acceptors (Lipinski definition) is 2. The first kappa shape index (κ1) is 13.5. The lowest BCUT2D eigenvalue weighted by Crippen LogP contribution is -2.26. The molecule has 0 saturated carbocycles. The molecule has 5 heteroatoms. The van der Waals surface area contributed by atoms with Crippen molar-refractivity contribution in [3.8, 4) is 0 Å². The summed E-state index contributed by atoms with van der Waals surface area (Å²) in [5.74, 6) is 0.107. The van der Waals surface area contributed by atoms with Gasteiger partial charge in [-0.15, -0.1) is 0 Å². The van der Waals surface area contributed by atoms with Gasteiger partial charge in [-0.2, -0.15) is 0 Å². The van der Waals surface area contributed by atoms with Crippen molar-refractivity contribution in [1.29, 1.82) is 0 Å². The summed E-state index contributed by atoms with van der Waals surface area (Å²) in [4.78, 5) is 0. The summed E-state index contributed by atoms with van der Waals surface area (Å²) < 4.78 is 27.0. The van der Waals surface area contributed by atoms with Crippen LogP contribution in [-0.2, 0) is 10.0 Å². The molecule has 0 radical (unpaired) electrons. The SMILES string of the molecule is CC(C)(C)CS(=O)(=O)Nc1ccc(Br)cc1. The maximum atomic E-state index is 11.8. The smallest absolute Gasteiger partial charge is 0.233 e. The van der Waals surface area contributed by atoms with Crippen LogP contribution in [-0.4, -0.2) is 14.2 Å². The van der Waals surface area contributed by atoms with E-state index in [9.17, 15) is 8.42 Å². The fourth-order valence-electron chi connectivity index (χ4n) is 1.30. The van der Waals surface area contributed by atoms with Gasteiger partial charge < -0.3 is 0 Å². The highest BCUT2D eigenvalue weighted by atomic mass is 79.9. The second kappa shape index (κ2) is 4.75. The van der Waals surface area contributed by atoms with E-state index in [0.717, 1.165) is 4.47 Å². The van der Waals surface area contributed by atoms with Gasteiger partial charge >= 0.3 is 0 Å². The molecule has 0 amide bonds. The normalized spacial score (nSPS) is 12.5. The highest BCUT2D eigenvalue weighted by Crippen LogP contribution is 2.19. The van der Waals surface area contributed by atoms with Gasteiger partial charge in [-0.3, -0.25) is 4.72 Å². The Labute approximate surface area is 105 Å². The molecule has 90 valence electrons. The minimum absolute atomic E-state index is 0.107. The first-order chi connectivity index (χ1) is 7.18. The molecule has 0 spiro atoms. The molecule has 0 saturated heterocycles. The quantitative estimate of drug-likeness (QED) is 0.932. The van der Waals surface area contributed by atoms with Gasteiger partial charge in [0.25, 0.3) is 0 Å². The predicted molar refractivity (Wildman–Crippen MR) is 71.0 cm³/mol. The Balaban J connectivity index is 2.77. The molecule has 1 aromatic carbocycles. The molecule has 0 aromatic heterocycles. The van der Waals surface area contributed by atoms with E-state index in [-0.39, 0.29) is 11.2 Å². The van der Waals surface area contributed by atoms with Gasteiger partial charge in [0.1, 0.15) is 0 Å². The standard InChI is InChI=1S/C11H16BrNO2S/c1-11(2,3)8-16(14,15)13-10-6-4-9(12)5-7-10/h4-7,13H,8H2,1-3H3. The van der Waals surface area contributed by atoms with Crippen LogP contribution in [0.3, 0.4) is 0 Å². The average molecular weight is 306 g/mol. The summed E-state index contributed by atoms with van der Waals surface area (Å²) in [7, 11) is -3.27. The van der Waals surface area contributed by atoms with Crippen LogP contribution < -0.4 is 4.72 Å². The molecule has 0 aliphatic rings. The third-order valence-electron chi connectivity index (χ3n) is 1.74. The van der Waals surface area contributed by atoms with Crippen LogP contribution in [0.1, 0.15) is 20.8 Å². The maximum absolute atomic E-state index is 11.8. The van der Waals surface area contributed by atoms with Crippen molar-refractivity contribution in [2.45, 2.75) is 20.8 Å². The number of anilines is 1. The lowest BCUT2D eigenvalue weighted by atomic mass is 10.0. The average Bonchev–Trinajstić information content (AvgIpc) is 2.04. The lowest BCUT2D eigenvalue weighted by Gasteiger charge is -2.18. The molecule has 0 fully saturated rings. The fraction of sp³-hybridized carbons (Fsp3) is 0.455. The van der Waals surface area contributed by atoms with E-state index in [0.29, 0.717) is 5.69 Å². The van der Waals surface area contributed by atoms with Gasteiger partial charge in [-0.25, -0.2) is 8.42 Å². The van der Waals surface area contributed by atoms with Crippen LogP contribution in [0.25, 0.3) is 0 Å². The van der Waals surface area contributed by atoms with E-state index >= 15 is 0 Å². The number of halogens is 1. The predicted octanol–water partition coefficient (Wildman–Crippen LogP) is 3.24. The summed E-state index contributed by atoms with van der Waals surface area (Å²) in [5, 5.41) is 0. The largest absolute Gasteiger partial charge is 0.284 e. The first-order valence-corrected chi connectivity index (χ1v) is 7.39. The number of nitrogens with one attached hydrogen (secondary N) is 1. The molecule has 1 aromatic rings. The minimum atomic E-state index is -3.27. The maximum Gasteiger partial charge on any atom is 0.233 e. The molecule has 0 aliphatic carbocycles. The molecule has 16 heavy (non-hydrogen) atoms. The molecule has 1 N–H and O–H groups in total. The molecular weight excluding hydrogens is 290 g/mol. The van der Waals surface area contributed by atoms with E-state index in [1.54, 1.807) is 24.3 Å². The van der Waals surface area contributed by atoms with Crippen molar-refractivity contribution < 1.29 is 8.42 Å². The topological polar surface area (TPSA) is 46.2 Å². The molecule has 0 unspecified atom stereocenters. The Morgan fingerprint density at radius 3 is 2.12 bits per heavy atom. The molecule has 0 aliphatic heterocycles. The number of hydrogen-bond donors (Lipinski definition) is 1. The van der Waals surface area contributed by atoms with Crippen LogP contribution in [0.2, 0.25) is 0 Å². The number of rotatable bonds is 3. The fourth-order valence-corrected chi connectivity index (χ4v) is 3.28. The van der Waals surface area contributed by atoms with E-state index in [2.05, 4.69) is 20.7 Å². The third kappa shape index (κ3) is 4.99. The zero-order valence-corrected chi connectivity index (χ0v) is 12.0. The van der Waals surface area contributed by atoms with E-state index in [4.69, 9.17) is 0 Å². The van der Waals surface area contributed by atoms with Crippen molar-refractivity contribution in [3.05, 3.63) is 28.7 Å². The highest BCUT2D eigenvalue weighted by Gasteiger charge is 2.21. The molecule has 3 nitrogen and oxygen atoms in total. The van der Waals surface area contributed by atoms with E-state index < -0.39 is 10.0 Å². The van der Waals surface area contributed by atoms with Gasteiger partial charge in [0.15, 0.2) is 0 Å². The second-order valence-electron chi connectivity index (χ2n) is 4.93. The van der Waals surface area contributed by atoms with Crippen molar-refractivity contribution >= 4 is 31.6 Å². The summed E-state index contributed by atoms with van der Waals surface area (Å²) >= 11 is 3.30. The van der Waals surface area contributed by atoms with Crippen LogP contribution >= 0.6 is 15.9 Å². The van der Waals surface area contributed by atoms with Crippen molar-refractivity contribution in [2.24, 2.45) is 5.41 Å². The van der Waals surface area contributed by atoms with Crippen LogP contribution in [0.15, 0.2) is 28.7 Å². The van der Waals surface area contributed by atoms with Crippen molar-refractivity contribution in [3.63, 3.8) is 0 Å². The second-order valence-corrected chi connectivity index (χ2v) is 7.57. The van der Waals surface area contributed by atoms with Crippen molar-refractivity contribution in [1.82, 2.24) is 0 Å². The summed E-state index contributed by atoms with van der Waals surface area (Å²) in [5.41, 5.74) is 0.341. The monoisotopic (exact) mass is 305 g/mol. The van der Waals surface area contributed by atoms with Gasteiger partial charge in [0.05, 0.1) is 5.75 Å². The zero-order chi connectivity index (χ0) is 12.4. The van der Waals surface area contributed by atoms with Gasteiger partial charge in [-0.05, 0) is 29.7 Å². The summed E-state index contributed by atoms with van der Waals surface area (Å²) in [6, 6.07) is 7.05. The number of benzene rings is 1. The summed E-state index contributed by atoms with van der Waals surface area (Å²) in [6.45, 7) is 5.69. The van der Waals surface area contributed by atoms with E-state index in [1.807, 2.05) is 20.8 Å². The van der Waals surface area contributed by atoms with Gasteiger partial charge in [0.2, 0.25) is 10.0 Å². The van der Waals surface area contributed by atoms with Gasteiger partial charge in [-0.1, -0.05) is 36.7 Å². The summed E-state index contributed by atoms with van der Waals surface area (Å²) in [6.07, 6.45) is 0. The highest BCUT2D eigenvalue weighted by molar-refractivity contribution is 9.10. The third-order valence-corrected chi connectivity index (χ3v) is 4.06. The molecule has 0 atom stereocenters. The van der Waals surface area contributed by atoms with Gasteiger partial charge in [0, 0.05) is 10.2 Å².